The van der Waals surface area contributed by atoms with Gasteiger partial charge in [-0.1, -0.05) is 19.8 Å². The third-order valence-corrected chi connectivity index (χ3v) is 3.98. The summed E-state index contributed by atoms with van der Waals surface area (Å²) >= 11 is 0. The fraction of sp³-hybridized carbons (Fsp3) is 0.786. The van der Waals surface area contributed by atoms with Gasteiger partial charge in [-0.25, -0.2) is 0 Å². The summed E-state index contributed by atoms with van der Waals surface area (Å²) in [5.74, 6) is 1.64. The Hall–Kier alpha value is -1.03. The van der Waals surface area contributed by atoms with Crippen molar-refractivity contribution in [3.8, 4) is 5.75 Å². The van der Waals surface area contributed by atoms with Crippen LogP contribution >= 0.6 is 0 Å². The smallest absolute Gasteiger partial charge is 0.161 e. The minimum atomic E-state index is 0.372. The number of methoxy groups -OCH3 is 1. The van der Waals surface area contributed by atoms with Crippen LogP contribution in [-0.4, -0.2) is 23.9 Å². The number of aromatic nitrogens is 2. The summed E-state index contributed by atoms with van der Waals surface area (Å²) in [5.41, 5.74) is 1.23. The summed E-state index contributed by atoms with van der Waals surface area (Å²) in [6.07, 6.45) is 8.28. The molecule has 0 radical (unpaired) electrons. The summed E-state index contributed by atoms with van der Waals surface area (Å²) in [4.78, 5) is 0. The van der Waals surface area contributed by atoms with Crippen LogP contribution in [0.2, 0.25) is 0 Å². The van der Waals surface area contributed by atoms with Crippen LogP contribution in [0.15, 0.2) is 6.20 Å². The molecule has 1 aromatic rings. The fourth-order valence-electron chi connectivity index (χ4n) is 3.13. The Morgan fingerprint density at radius 2 is 2.22 bits per heavy atom. The van der Waals surface area contributed by atoms with E-state index in [1.54, 1.807) is 7.11 Å². The Kier molecular flexibility index (Phi) is 4.64. The number of ether oxygens (including phenoxy) is 1. The highest BCUT2D eigenvalue weighted by Crippen LogP contribution is 2.38. The standard InChI is InChI=1S/C14H25N3O/c1-4-9-17-14(12(18-3)10-16-17)13(15-2)11-7-5-6-8-11/h10-11,13,15H,4-9H2,1-3H3. The third kappa shape index (κ3) is 2.53. The molecule has 2 rings (SSSR count). The van der Waals surface area contributed by atoms with E-state index in [-0.39, 0.29) is 0 Å². The van der Waals surface area contributed by atoms with Crippen molar-refractivity contribution in [3.63, 3.8) is 0 Å². The first-order valence-corrected chi connectivity index (χ1v) is 7.08. The van der Waals surface area contributed by atoms with E-state index in [0.717, 1.165) is 24.6 Å². The van der Waals surface area contributed by atoms with E-state index in [1.165, 1.54) is 31.4 Å². The molecule has 1 aliphatic rings. The highest BCUT2D eigenvalue weighted by Gasteiger charge is 2.30. The maximum atomic E-state index is 5.49. The zero-order chi connectivity index (χ0) is 13.0. The van der Waals surface area contributed by atoms with Crippen LogP contribution in [0.4, 0.5) is 0 Å². The van der Waals surface area contributed by atoms with Gasteiger partial charge in [-0.05, 0) is 32.2 Å². The third-order valence-electron chi connectivity index (χ3n) is 3.98. The van der Waals surface area contributed by atoms with Crippen LogP contribution in [-0.2, 0) is 6.54 Å². The van der Waals surface area contributed by atoms with E-state index in [1.807, 2.05) is 13.2 Å². The molecule has 0 aromatic carbocycles. The minimum Gasteiger partial charge on any atom is -0.493 e. The molecule has 1 fully saturated rings. The Morgan fingerprint density at radius 3 is 2.78 bits per heavy atom. The van der Waals surface area contributed by atoms with E-state index >= 15 is 0 Å². The molecule has 1 N–H and O–H groups in total. The van der Waals surface area contributed by atoms with E-state index in [9.17, 15) is 0 Å². The molecule has 1 unspecified atom stereocenters. The summed E-state index contributed by atoms with van der Waals surface area (Å²) < 4.78 is 7.60. The summed E-state index contributed by atoms with van der Waals surface area (Å²) in [5, 5.41) is 7.95. The molecule has 1 aliphatic carbocycles. The Balaban J connectivity index is 2.29. The SMILES string of the molecule is CCCn1ncc(OC)c1C(NC)C1CCCC1. The first-order chi connectivity index (χ1) is 8.81. The minimum absolute atomic E-state index is 0.372. The lowest BCUT2D eigenvalue weighted by Crippen LogP contribution is -2.27. The number of rotatable bonds is 6. The van der Waals surface area contributed by atoms with Gasteiger partial charge in [0.1, 0.15) is 0 Å². The van der Waals surface area contributed by atoms with Crippen molar-refractivity contribution in [2.75, 3.05) is 14.2 Å². The Labute approximate surface area is 110 Å². The van der Waals surface area contributed by atoms with Gasteiger partial charge in [0.05, 0.1) is 25.0 Å². The van der Waals surface area contributed by atoms with E-state index in [0.29, 0.717) is 6.04 Å². The van der Waals surface area contributed by atoms with Gasteiger partial charge >= 0.3 is 0 Å². The first-order valence-electron chi connectivity index (χ1n) is 7.08. The lowest BCUT2D eigenvalue weighted by molar-refractivity contribution is 0.340. The molecule has 1 saturated carbocycles. The molecule has 1 aromatic heterocycles. The van der Waals surface area contributed by atoms with Crippen molar-refractivity contribution >= 4 is 0 Å². The van der Waals surface area contributed by atoms with Crippen molar-refractivity contribution < 1.29 is 4.74 Å². The monoisotopic (exact) mass is 251 g/mol. The van der Waals surface area contributed by atoms with Gasteiger partial charge < -0.3 is 10.1 Å². The quantitative estimate of drug-likeness (QED) is 0.845. The molecule has 1 heterocycles. The van der Waals surface area contributed by atoms with Gasteiger partial charge in [0, 0.05) is 6.54 Å². The topological polar surface area (TPSA) is 39.1 Å². The number of hydrogen-bond acceptors (Lipinski definition) is 3. The largest absolute Gasteiger partial charge is 0.493 e. The summed E-state index contributed by atoms with van der Waals surface area (Å²) in [6.45, 7) is 3.14. The predicted octanol–water partition coefficient (Wildman–Crippen LogP) is 2.75. The van der Waals surface area contributed by atoms with Gasteiger partial charge in [-0.15, -0.1) is 0 Å². The highest BCUT2D eigenvalue weighted by atomic mass is 16.5. The van der Waals surface area contributed by atoms with Crippen LogP contribution in [0.5, 0.6) is 5.75 Å². The molecule has 0 bridgehead atoms. The second-order valence-corrected chi connectivity index (χ2v) is 5.13. The van der Waals surface area contributed by atoms with Crippen LogP contribution in [0, 0.1) is 5.92 Å². The fourth-order valence-corrected chi connectivity index (χ4v) is 3.13. The zero-order valence-corrected chi connectivity index (χ0v) is 11.8. The van der Waals surface area contributed by atoms with Crippen molar-refractivity contribution in [1.82, 2.24) is 15.1 Å². The average molecular weight is 251 g/mol. The first kappa shape index (κ1) is 13.4. The summed E-state index contributed by atoms with van der Waals surface area (Å²) in [7, 11) is 3.78. The van der Waals surface area contributed by atoms with Crippen molar-refractivity contribution in [2.45, 2.75) is 51.6 Å². The number of aryl methyl sites for hydroxylation is 1. The Bertz CT molecular complexity index is 369. The molecule has 4 heteroatoms. The van der Waals surface area contributed by atoms with Gasteiger partial charge in [0.25, 0.3) is 0 Å². The van der Waals surface area contributed by atoms with Crippen molar-refractivity contribution in [1.29, 1.82) is 0 Å². The normalized spacial score (nSPS) is 18.2. The second-order valence-electron chi connectivity index (χ2n) is 5.13. The Morgan fingerprint density at radius 1 is 1.50 bits per heavy atom. The molecular formula is C14H25N3O. The molecule has 18 heavy (non-hydrogen) atoms. The molecule has 1 atom stereocenters. The van der Waals surface area contributed by atoms with Gasteiger partial charge in [-0.2, -0.15) is 5.10 Å². The molecule has 4 nitrogen and oxygen atoms in total. The lowest BCUT2D eigenvalue weighted by Gasteiger charge is -2.24. The van der Waals surface area contributed by atoms with Gasteiger partial charge in [0.2, 0.25) is 0 Å². The average Bonchev–Trinajstić information content (AvgIpc) is 3.02. The van der Waals surface area contributed by atoms with Gasteiger partial charge in [0.15, 0.2) is 5.75 Å². The number of nitrogens with one attached hydrogen (secondary N) is 1. The van der Waals surface area contributed by atoms with Crippen LogP contribution in [0.25, 0.3) is 0 Å². The zero-order valence-electron chi connectivity index (χ0n) is 11.8. The van der Waals surface area contributed by atoms with Crippen molar-refractivity contribution in [3.05, 3.63) is 11.9 Å². The second kappa shape index (κ2) is 6.23. The highest BCUT2D eigenvalue weighted by molar-refractivity contribution is 5.29. The van der Waals surface area contributed by atoms with Crippen LogP contribution in [0.3, 0.4) is 0 Å². The molecule has 0 aliphatic heterocycles. The number of hydrogen-bond donors (Lipinski definition) is 1. The molecule has 102 valence electrons. The van der Waals surface area contributed by atoms with E-state index in [2.05, 4.69) is 22.0 Å². The van der Waals surface area contributed by atoms with Crippen molar-refractivity contribution in [2.24, 2.45) is 5.92 Å². The summed E-state index contributed by atoms with van der Waals surface area (Å²) in [6, 6.07) is 0.372. The van der Waals surface area contributed by atoms with E-state index < -0.39 is 0 Å². The lowest BCUT2D eigenvalue weighted by atomic mass is 9.95. The predicted molar refractivity (Wildman–Crippen MR) is 72.8 cm³/mol. The molecule has 0 saturated heterocycles. The molecule has 0 spiro atoms. The number of nitrogens with zero attached hydrogens (tertiary/aromatic N) is 2. The molecule has 0 amide bonds. The maximum Gasteiger partial charge on any atom is 0.161 e. The van der Waals surface area contributed by atoms with Crippen LogP contribution in [0.1, 0.15) is 50.8 Å². The molecular weight excluding hydrogens is 226 g/mol. The maximum absolute atomic E-state index is 5.49. The van der Waals surface area contributed by atoms with Crippen LogP contribution < -0.4 is 10.1 Å². The van der Waals surface area contributed by atoms with Gasteiger partial charge in [-0.3, -0.25) is 4.68 Å². The van der Waals surface area contributed by atoms with E-state index in [4.69, 9.17) is 4.74 Å².